The summed E-state index contributed by atoms with van der Waals surface area (Å²) < 4.78 is 10.9. The number of urea groups is 1. The SMILES string of the molecule is C=C(CNc1cc(Cl)c(Cl)cc1Nc1ncc2c(n1)N(Cc1ccccc1)C(=O)N(c1c(Cl)c(OC)cc(OC)c1Cl)C2)C(C)=O. The van der Waals surface area contributed by atoms with E-state index < -0.39 is 6.03 Å². The van der Waals surface area contributed by atoms with Crippen molar-refractivity contribution in [1.82, 2.24) is 9.97 Å². The summed E-state index contributed by atoms with van der Waals surface area (Å²) in [6.45, 7) is 5.65. The molecule has 1 aromatic heterocycles. The molecule has 5 rings (SSSR count). The third-order valence-electron chi connectivity index (χ3n) is 7.19. The highest BCUT2D eigenvalue weighted by molar-refractivity contribution is 6.43. The number of rotatable bonds is 11. The van der Waals surface area contributed by atoms with Crippen molar-refractivity contribution in [3.63, 3.8) is 0 Å². The molecule has 238 valence electrons. The molecule has 1 aliphatic heterocycles. The van der Waals surface area contributed by atoms with Gasteiger partial charge in [-0.25, -0.2) is 9.78 Å². The first-order valence-electron chi connectivity index (χ1n) is 13.8. The summed E-state index contributed by atoms with van der Waals surface area (Å²) in [7, 11) is 2.92. The highest BCUT2D eigenvalue weighted by atomic mass is 35.5. The Labute approximate surface area is 285 Å². The summed E-state index contributed by atoms with van der Waals surface area (Å²) in [6, 6.07) is 13.8. The summed E-state index contributed by atoms with van der Waals surface area (Å²) in [6.07, 6.45) is 1.61. The summed E-state index contributed by atoms with van der Waals surface area (Å²) in [5.41, 5.74) is 3.13. The van der Waals surface area contributed by atoms with Gasteiger partial charge in [0.15, 0.2) is 5.78 Å². The van der Waals surface area contributed by atoms with E-state index in [0.29, 0.717) is 44.9 Å². The number of amides is 2. The number of nitrogens with zero attached hydrogens (tertiary/aromatic N) is 4. The first kappa shape index (κ1) is 33.2. The predicted molar refractivity (Wildman–Crippen MR) is 184 cm³/mol. The van der Waals surface area contributed by atoms with Crippen molar-refractivity contribution < 1.29 is 19.1 Å². The van der Waals surface area contributed by atoms with Crippen molar-refractivity contribution in [3.05, 3.63) is 98.1 Å². The number of halogens is 4. The van der Waals surface area contributed by atoms with Gasteiger partial charge < -0.3 is 20.1 Å². The van der Waals surface area contributed by atoms with Crippen LogP contribution >= 0.6 is 46.4 Å². The number of ether oxygens (including phenoxy) is 2. The molecule has 10 nitrogen and oxygen atoms in total. The lowest BCUT2D eigenvalue weighted by Crippen LogP contribution is -2.47. The highest BCUT2D eigenvalue weighted by Gasteiger charge is 2.37. The molecule has 14 heteroatoms. The van der Waals surface area contributed by atoms with Crippen LogP contribution in [0.25, 0.3) is 0 Å². The minimum Gasteiger partial charge on any atom is -0.495 e. The van der Waals surface area contributed by atoms with Crippen molar-refractivity contribution in [3.8, 4) is 11.5 Å². The number of anilines is 5. The van der Waals surface area contributed by atoms with E-state index in [0.717, 1.165) is 5.56 Å². The number of nitrogens with one attached hydrogen (secondary N) is 2. The van der Waals surface area contributed by atoms with Gasteiger partial charge in [-0.15, -0.1) is 0 Å². The molecular formula is C32H28Cl4N6O4. The maximum Gasteiger partial charge on any atom is 0.330 e. The molecule has 0 atom stereocenters. The number of carbonyl (C=O) groups excluding carboxylic acids is 2. The number of benzene rings is 3. The molecule has 2 amide bonds. The van der Waals surface area contributed by atoms with Crippen molar-refractivity contribution in [1.29, 1.82) is 0 Å². The number of Topliss-reactive ketones (excluding diaryl/α,β-unsaturated/α-hetero) is 1. The molecular weight excluding hydrogens is 674 g/mol. The second kappa shape index (κ2) is 14.0. The largest absolute Gasteiger partial charge is 0.495 e. The normalized spacial score (nSPS) is 12.5. The average molecular weight is 702 g/mol. The number of methoxy groups -OCH3 is 2. The fraction of sp³-hybridized carbons (Fsp3) is 0.188. The molecule has 0 radical (unpaired) electrons. The number of fused-ring (bicyclic) bond motifs is 1. The number of carbonyl (C=O) groups is 2. The Balaban J connectivity index is 1.57. The molecule has 1 aliphatic rings. The first-order chi connectivity index (χ1) is 22.0. The molecule has 0 aliphatic carbocycles. The van der Waals surface area contributed by atoms with Gasteiger partial charge in [0.2, 0.25) is 5.95 Å². The number of ketones is 1. The third kappa shape index (κ3) is 6.80. The monoisotopic (exact) mass is 700 g/mol. The first-order valence-corrected chi connectivity index (χ1v) is 15.3. The fourth-order valence-electron chi connectivity index (χ4n) is 4.71. The van der Waals surface area contributed by atoms with E-state index in [1.54, 1.807) is 24.4 Å². The van der Waals surface area contributed by atoms with Crippen molar-refractivity contribution in [2.45, 2.75) is 20.0 Å². The lowest BCUT2D eigenvalue weighted by atomic mass is 10.1. The Morgan fingerprint density at radius 1 is 0.978 bits per heavy atom. The quantitative estimate of drug-likeness (QED) is 0.150. The second-order valence-electron chi connectivity index (χ2n) is 10.2. The zero-order valence-electron chi connectivity index (χ0n) is 25.0. The van der Waals surface area contributed by atoms with Crippen LogP contribution in [0.2, 0.25) is 20.1 Å². The number of hydrogen-bond acceptors (Lipinski definition) is 8. The smallest absolute Gasteiger partial charge is 0.330 e. The average Bonchev–Trinajstić information content (AvgIpc) is 3.04. The standard InChI is InChI=1S/C32H28Cl4N6O4/c1-17(18(2)43)13-37-23-10-21(33)22(34)11-24(23)39-31-38-14-20-16-41(29-27(35)25(45-3)12-26(46-4)28(29)36)32(44)42(30(20)40-31)15-19-8-6-5-7-9-19/h5-12,14,37H,1,13,15-16H2,2-4H3,(H,38,39,40). The van der Waals surface area contributed by atoms with Gasteiger partial charge in [-0.05, 0) is 24.6 Å². The third-order valence-corrected chi connectivity index (χ3v) is 8.64. The van der Waals surface area contributed by atoms with Crippen molar-refractivity contribution in [2.75, 3.05) is 41.2 Å². The summed E-state index contributed by atoms with van der Waals surface area (Å²) in [4.78, 5) is 38.3. The molecule has 0 spiro atoms. The van der Waals surface area contributed by atoms with E-state index in [2.05, 4.69) is 22.2 Å². The van der Waals surface area contributed by atoms with E-state index in [1.807, 2.05) is 30.3 Å². The van der Waals surface area contributed by atoms with Gasteiger partial charge in [0.25, 0.3) is 0 Å². The van der Waals surface area contributed by atoms with Crippen LogP contribution in [0.4, 0.5) is 33.6 Å². The van der Waals surface area contributed by atoms with Crippen LogP contribution in [0, 0.1) is 0 Å². The van der Waals surface area contributed by atoms with E-state index in [-0.39, 0.29) is 52.1 Å². The Morgan fingerprint density at radius 2 is 1.61 bits per heavy atom. The van der Waals surface area contributed by atoms with Crippen LogP contribution in [-0.2, 0) is 17.9 Å². The van der Waals surface area contributed by atoms with Gasteiger partial charge in [-0.3, -0.25) is 14.6 Å². The molecule has 4 aromatic rings. The van der Waals surface area contributed by atoms with Crippen LogP contribution in [0.5, 0.6) is 11.5 Å². The minimum atomic E-state index is -0.431. The second-order valence-corrected chi connectivity index (χ2v) is 11.8. The van der Waals surface area contributed by atoms with Gasteiger partial charge in [-0.1, -0.05) is 83.3 Å². The van der Waals surface area contributed by atoms with Gasteiger partial charge in [0, 0.05) is 29.9 Å². The minimum absolute atomic E-state index is 0.0578. The van der Waals surface area contributed by atoms with Gasteiger partial charge in [0.1, 0.15) is 27.4 Å². The summed E-state index contributed by atoms with van der Waals surface area (Å²) in [5, 5.41) is 7.21. The fourth-order valence-corrected chi connectivity index (χ4v) is 5.75. The predicted octanol–water partition coefficient (Wildman–Crippen LogP) is 8.55. The van der Waals surface area contributed by atoms with E-state index in [4.69, 9.17) is 60.9 Å². The zero-order chi connectivity index (χ0) is 33.1. The van der Waals surface area contributed by atoms with Crippen LogP contribution in [0.15, 0.2) is 66.9 Å². The van der Waals surface area contributed by atoms with Crippen LogP contribution < -0.4 is 29.9 Å². The van der Waals surface area contributed by atoms with Crippen molar-refractivity contribution in [2.24, 2.45) is 0 Å². The molecule has 46 heavy (non-hydrogen) atoms. The number of hydrogen-bond donors (Lipinski definition) is 2. The lowest BCUT2D eigenvalue weighted by Gasteiger charge is -2.37. The maximum absolute atomic E-state index is 14.3. The molecule has 0 saturated heterocycles. The highest BCUT2D eigenvalue weighted by Crippen LogP contribution is 2.48. The van der Waals surface area contributed by atoms with Gasteiger partial charge in [-0.2, -0.15) is 4.98 Å². The summed E-state index contributed by atoms with van der Waals surface area (Å²) >= 11 is 26.1. The van der Waals surface area contributed by atoms with Crippen LogP contribution in [0.1, 0.15) is 18.1 Å². The molecule has 2 heterocycles. The van der Waals surface area contributed by atoms with E-state index in [1.165, 1.54) is 30.9 Å². The Hall–Kier alpha value is -4.22. The van der Waals surface area contributed by atoms with Crippen LogP contribution in [-0.4, -0.2) is 42.5 Å². The Morgan fingerprint density at radius 3 is 2.22 bits per heavy atom. The van der Waals surface area contributed by atoms with Gasteiger partial charge in [0.05, 0.1) is 54.4 Å². The Bertz CT molecular complexity index is 1810. The lowest BCUT2D eigenvalue weighted by molar-refractivity contribution is -0.113. The van der Waals surface area contributed by atoms with Gasteiger partial charge >= 0.3 is 6.03 Å². The Kier molecular flexibility index (Phi) is 10.1. The molecule has 0 saturated carbocycles. The topological polar surface area (TPSA) is 109 Å². The van der Waals surface area contributed by atoms with Crippen LogP contribution in [0.3, 0.4) is 0 Å². The van der Waals surface area contributed by atoms with E-state index in [9.17, 15) is 9.59 Å². The molecule has 2 N–H and O–H groups in total. The number of aromatic nitrogens is 2. The van der Waals surface area contributed by atoms with E-state index >= 15 is 0 Å². The van der Waals surface area contributed by atoms with Crippen molar-refractivity contribution >= 4 is 87.0 Å². The molecule has 0 unspecified atom stereocenters. The molecule has 3 aromatic carbocycles. The zero-order valence-corrected chi connectivity index (χ0v) is 28.0. The molecule has 0 fully saturated rings. The molecule has 0 bridgehead atoms. The maximum atomic E-state index is 14.3. The summed E-state index contributed by atoms with van der Waals surface area (Å²) in [5.74, 6) is 1.00.